The van der Waals surface area contributed by atoms with Gasteiger partial charge >= 0.3 is 0 Å². The second-order valence-electron chi connectivity index (χ2n) is 7.88. The number of nitrogens with one attached hydrogen (secondary N) is 1. The van der Waals surface area contributed by atoms with Crippen LogP contribution in [0.5, 0.6) is 0 Å². The van der Waals surface area contributed by atoms with Gasteiger partial charge in [-0.25, -0.2) is 8.78 Å². The van der Waals surface area contributed by atoms with E-state index in [2.05, 4.69) is 20.7 Å². The van der Waals surface area contributed by atoms with Crippen LogP contribution >= 0.6 is 0 Å². The predicted molar refractivity (Wildman–Crippen MR) is 110 cm³/mol. The zero-order valence-corrected chi connectivity index (χ0v) is 17.3. The Morgan fingerprint density at radius 3 is 2.39 bits per heavy atom. The number of nitrogens with zero attached hydrogens (tertiary/aromatic N) is 5. The highest BCUT2D eigenvalue weighted by Gasteiger charge is 2.25. The Kier molecular flexibility index (Phi) is 6.38. The van der Waals surface area contributed by atoms with Crippen LogP contribution in [-0.2, 0) is 16.1 Å². The minimum Gasteiger partial charge on any atom is -0.350 e. The molecule has 0 aliphatic heterocycles. The summed E-state index contributed by atoms with van der Waals surface area (Å²) in [5.41, 5.74) is -0.0236. The van der Waals surface area contributed by atoms with Crippen molar-refractivity contribution < 1.29 is 18.4 Å². The van der Waals surface area contributed by atoms with Gasteiger partial charge < -0.3 is 5.32 Å². The van der Waals surface area contributed by atoms with Gasteiger partial charge in [0.1, 0.15) is 24.7 Å². The van der Waals surface area contributed by atoms with Crippen molar-refractivity contribution in [2.24, 2.45) is 0 Å². The number of carbonyl (C=O) groups excluding carboxylic acids is 2. The molecule has 2 aromatic carbocycles. The first-order chi connectivity index (χ1) is 14.6. The second-order valence-corrected chi connectivity index (χ2v) is 7.88. The van der Waals surface area contributed by atoms with Gasteiger partial charge in [-0.3, -0.25) is 14.5 Å². The average Bonchev–Trinajstić information content (AvgIpc) is 3.14. The molecule has 0 aliphatic carbocycles. The number of amides is 2. The summed E-state index contributed by atoms with van der Waals surface area (Å²) < 4.78 is 27.5. The van der Waals surface area contributed by atoms with E-state index in [1.807, 2.05) is 0 Å². The van der Waals surface area contributed by atoms with Crippen LogP contribution in [-0.4, -0.2) is 44.1 Å². The molecule has 1 aromatic heterocycles. The number of hydrogen-bond donors (Lipinski definition) is 1. The van der Waals surface area contributed by atoms with Crippen LogP contribution in [0, 0.1) is 11.6 Å². The van der Waals surface area contributed by atoms with E-state index in [-0.39, 0.29) is 24.6 Å². The number of aromatic nitrogens is 4. The topological polar surface area (TPSA) is 93.0 Å². The molecular weight excluding hydrogens is 406 g/mol. The quantitative estimate of drug-likeness (QED) is 0.651. The molecular formula is C21H22F2N6O2. The average molecular weight is 428 g/mol. The van der Waals surface area contributed by atoms with Crippen molar-refractivity contribution in [2.75, 3.05) is 11.4 Å². The number of tetrazole rings is 1. The normalized spacial score (nSPS) is 11.3. The van der Waals surface area contributed by atoms with Crippen LogP contribution in [0.2, 0.25) is 0 Å². The van der Waals surface area contributed by atoms with Crippen LogP contribution < -0.4 is 10.2 Å². The van der Waals surface area contributed by atoms with Crippen LogP contribution in [0.15, 0.2) is 48.5 Å². The van der Waals surface area contributed by atoms with E-state index in [1.165, 1.54) is 42.5 Å². The number of para-hydroxylation sites is 1. The van der Waals surface area contributed by atoms with Gasteiger partial charge in [-0.2, -0.15) is 4.80 Å². The first-order valence-corrected chi connectivity index (χ1v) is 9.52. The summed E-state index contributed by atoms with van der Waals surface area (Å²) in [5.74, 6) is -1.88. The molecule has 1 heterocycles. The van der Waals surface area contributed by atoms with Gasteiger partial charge in [-0.15, -0.1) is 10.2 Å². The largest absolute Gasteiger partial charge is 0.350 e. The lowest BCUT2D eigenvalue weighted by atomic mass is 10.1. The molecule has 0 radical (unpaired) electrons. The van der Waals surface area contributed by atoms with E-state index in [1.54, 1.807) is 26.8 Å². The standard InChI is InChI=1S/C21H22F2N6O2/c1-21(2,3)24-18(30)12-28(17-7-5-4-6-16(17)23)19(31)13-29-26-20(25-27-29)14-8-10-15(22)11-9-14/h4-11H,12-13H2,1-3H3,(H,24,30). The van der Waals surface area contributed by atoms with Crippen molar-refractivity contribution in [3.05, 3.63) is 60.2 Å². The third-order valence-electron chi connectivity index (χ3n) is 4.09. The predicted octanol–water partition coefficient (Wildman–Crippen LogP) is 2.57. The Hall–Kier alpha value is -3.69. The van der Waals surface area contributed by atoms with Crippen LogP contribution in [0.3, 0.4) is 0 Å². The van der Waals surface area contributed by atoms with Crippen molar-refractivity contribution in [2.45, 2.75) is 32.9 Å². The molecule has 2 amide bonds. The third-order valence-corrected chi connectivity index (χ3v) is 4.09. The Bertz CT molecular complexity index is 1080. The lowest BCUT2D eigenvalue weighted by Gasteiger charge is -2.26. The highest BCUT2D eigenvalue weighted by Crippen LogP contribution is 2.19. The SMILES string of the molecule is CC(C)(C)NC(=O)CN(C(=O)Cn1nnc(-c2ccc(F)cc2)n1)c1ccccc1F. The molecule has 31 heavy (non-hydrogen) atoms. The second kappa shape index (κ2) is 8.99. The maximum atomic E-state index is 14.4. The van der Waals surface area contributed by atoms with Crippen molar-refractivity contribution in [3.8, 4) is 11.4 Å². The number of anilines is 1. The molecule has 0 spiro atoms. The number of hydrogen-bond acceptors (Lipinski definition) is 5. The molecule has 3 aromatic rings. The van der Waals surface area contributed by atoms with Crippen LogP contribution in [0.4, 0.5) is 14.5 Å². The lowest BCUT2D eigenvalue weighted by Crippen LogP contribution is -2.48. The number of benzene rings is 2. The van der Waals surface area contributed by atoms with Gasteiger partial charge in [0.15, 0.2) is 0 Å². The monoisotopic (exact) mass is 428 g/mol. The number of rotatable bonds is 6. The minimum atomic E-state index is -0.641. The molecule has 1 N–H and O–H groups in total. The molecule has 0 saturated carbocycles. The maximum absolute atomic E-state index is 14.4. The van der Waals surface area contributed by atoms with E-state index in [0.717, 1.165) is 9.70 Å². The summed E-state index contributed by atoms with van der Waals surface area (Å²) in [7, 11) is 0. The van der Waals surface area contributed by atoms with Crippen LogP contribution in [0.1, 0.15) is 20.8 Å². The Labute approximate surface area is 177 Å². The van der Waals surface area contributed by atoms with E-state index >= 15 is 0 Å². The zero-order valence-electron chi connectivity index (χ0n) is 17.3. The molecule has 0 bridgehead atoms. The minimum absolute atomic E-state index is 0.0320. The van der Waals surface area contributed by atoms with E-state index in [0.29, 0.717) is 5.56 Å². The van der Waals surface area contributed by atoms with Crippen molar-refractivity contribution in [1.29, 1.82) is 0 Å². The number of carbonyl (C=O) groups is 2. The first kappa shape index (κ1) is 22.0. The highest BCUT2D eigenvalue weighted by atomic mass is 19.1. The molecule has 0 saturated heterocycles. The summed E-state index contributed by atoms with van der Waals surface area (Å²) in [6.07, 6.45) is 0. The van der Waals surface area contributed by atoms with E-state index in [9.17, 15) is 18.4 Å². The molecule has 162 valence electrons. The summed E-state index contributed by atoms with van der Waals surface area (Å²) in [6, 6.07) is 11.2. The molecule has 8 nitrogen and oxygen atoms in total. The van der Waals surface area contributed by atoms with Crippen LogP contribution in [0.25, 0.3) is 11.4 Å². The fourth-order valence-corrected chi connectivity index (χ4v) is 2.81. The molecule has 0 atom stereocenters. The molecule has 0 aliphatic rings. The van der Waals surface area contributed by atoms with Gasteiger partial charge in [0, 0.05) is 11.1 Å². The molecule has 0 unspecified atom stereocenters. The fourth-order valence-electron chi connectivity index (χ4n) is 2.81. The van der Waals surface area contributed by atoms with Gasteiger partial charge in [0.25, 0.3) is 5.91 Å². The van der Waals surface area contributed by atoms with E-state index < -0.39 is 29.0 Å². The smallest absolute Gasteiger partial charge is 0.251 e. The van der Waals surface area contributed by atoms with Crippen molar-refractivity contribution >= 4 is 17.5 Å². The summed E-state index contributed by atoms with van der Waals surface area (Å²) in [6.45, 7) is 4.66. The van der Waals surface area contributed by atoms with Gasteiger partial charge in [-0.1, -0.05) is 12.1 Å². The zero-order chi connectivity index (χ0) is 22.6. The third kappa shape index (κ3) is 5.91. The highest BCUT2D eigenvalue weighted by molar-refractivity contribution is 5.98. The summed E-state index contributed by atoms with van der Waals surface area (Å²) in [5, 5.41) is 14.6. The number of halogens is 2. The van der Waals surface area contributed by atoms with Gasteiger partial charge in [0.2, 0.25) is 11.7 Å². The van der Waals surface area contributed by atoms with Crippen molar-refractivity contribution in [1.82, 2.24) is 25.5 Å². The Morgan fingerprint density at radius 2 is 1.74 bits per heavy atom. The Balaban J connectivity index is 1.81. The lowest BCUT2D eigenvalue weighted by molar-refractivity contribution is -0.125. The molecule has 3 rings (SSSR count). The summed E-state index contributed by atoms with van der Waals surface area (Å²) in [4.78, 5) is 27.5. The molecule has 10 heteroatoms. The van der Waals surface area contributed by atoms with Crippen molar-refractivity contribution in [3.63, 3.8) is 0 Å². The van der Waals surface area contributed by atoms with E-state index in [4.69, 9.17) is 0 Å². The fraction of sp³-hybridized carbons (Fsp3) is 0.286. The maximum Gasteiger partial charge on any atom is 0.251 e. The van der Waals surface area contributed by atoms with Gasteiger partial charge in [-0.05, 0) is 62.4 Å². The molecule has 0 fully saturated rings. The summed E-state index contributed by atoms with van der Waals surface area (Å²) >= 11 is 0. The Morgan fingerprint density at radius 1 is 1.06 bits per heavy atom. The first-order valence-electron chi connectivity index (χ1n) is 9.52. The van der Waals surface area contributed by atoms with Gasteiger partial charge in [0.05, 0.1) is 5.69 Å².